The molecule has 2 aromatic rings. The molecule has 1 aliphatic carbocycles. The van der Waals surface area contributed by atoms with E-state index >= 15 is 0 Å². The van der Waals surface area contributed by atoms with Crippen molar-refractivity contribution in [3.8, 4) is 22.9 Å². The van der Waals surface area contributed by atoms with Gasteiger partial charge >= 0.3 is 0 Å². The van der Waals surface area contributed by atoms with Gasteiger partial charge in [0.2, 0.25) is 0 Å². The van der Waals surface area contributed by atoms with Crippen molar-refractivity contribution in [1.29, 1.82) is 0 Å². The Labute approximate surface area is 112 Å². The molecule has 1 aromatic carbocycles. The lowest BCUT2D eigenvalue weighted by atomic mass is 10.2. The first-order chi connectivity index (χ1) is 9.15. The van der Waals surface area contributed by atoms with Gasteiger partial charge in [0, 0.05) is 5.56 Å². The van der Waals surface area contributed by atoms with Crippen molar-refractivity contribution in [3.63, 3.8) is 0 Å². The Morgan fingerprint density at radius 3 is 2.11 bits per heavy atom. The second-order valence-corrected chi connectivity index (χ2v) is 5.09. The van der Waals surface area contributed by atoms with Crippen LogP contribution in [0.4, 0.5) is 0 Å². The summed E-state index contributed by atoms with van der Waals surface area (Å²) in [5.41, 5.74) is 0.907. The van der Waals surface area contributed by atoms with Crippen LogP contribution >= 0.6 is 0 Å². The van der Waals surface area contributed by atoms with Crippen LogP contribution in [0.1, 0.15) is 13.8 Å². The molecular formula is C15H16N2O2. The molecule has 98 valence electrons. The lowest BCUT2D eigenvalue weighted by molar-refractivity contribution is 0.278. The van der Waals surface area contributed by atoms with E-state index in [9.17, 15) is 0 Å². The fourth-order valence-electron chi connectivity index (χ4n) is 2.14. The number of ether oxygens (including phenoxy) is 1. The molecule has 1 fully saturated rings. The van der Waals surface area contributed by atoms with Gasteiger partial charge in [0.25, 0.3) is 0 Å². The number of rotatable bonds is 3. The van der Waals surface area contributed by atoms with E-state index in [2.05, 4.69) is 23.8 Å². The minimum atomic E-state index is 0.0698. The normalized spacial score (nSPS) is 25.1. The van der Waals surface area contributed by atoms with Gasteiger partial charge in [-0.2, -0.15) is 0 Å². The van der Waals surface area contributed by atoms with Gasteiger partial charge in [0.15, 0.2) is 11.6 Å². The first kappa shape index (κ1) is 12.0. The molecule has 1 saturated carbocycles. The third kappa shape index (κ3) is 2.38. The largest absolute Gasteiger partial charge is 0.505 e. The van der Waals surface area contributed by atoms with Crippen LogP contribution in [0.3, 0.4) is 0 Å². The molecule has 4 heteroatoms. The van der Waals surface area contributed by atoms with Gasteiger partial charge in [-0.3, -0.25) is 0 Å². The van der Waals surface area contributed by atoms with Gasteiger partial charge in [0.1, 0.15) is 11.9 Å². The Kier molecular flexibility index (Phi) is 2.85. The maximum absolute atomic E-state index is 9.16. The number of hydrogen-bond acceptors (Lipinski definition) is 4. The fourth-order valence-corrected chi connectivity index (χ4v) is 2.14. The van der Waals surface area contributed by atoms with Crippen molar-refractivity contribution in [2.75, 3.05) is 0 Å². The maximum Gasteiger partial charge on any atom is 0.159 e. The predicted molar refractivity (Wildman–Crippen MR) is 71.9 cm³/mol. The second-order valence-electron chi connectivity index (χ2n) is 5.09. The van der Waals surface area contributed by atoms with Gasteiger partial charge in [0.05, 0.1) is 12.4 Å². The van der Waals surface area contributed by atoms with E-state index in [0.717, 1.165) is 11.3 Å². The van der Waals surface area contributed by atoms with Gasteiger partial charge in [-0.1, -0.05) is 13.8 Å². The Balaban J connectivity index is 1.73. The van der Waals surface area contributed by atoms with E-state index < -0.39 is 0 Å². The molecule has 1 heterocycles. The summed E-state index contributed by atoms with van der Waals surface area (Å²) >= 11 is 0. The van der Waals surface area contributed by atoms with E-state index in [1.807, 2.05) is 24.3 Å². The molecule has 1 aliphatic rings. The SMILES string of the molecule is C[C@@H]1C(Oc2ccc(-c3ncc(O)cn3)cc2)[C@H]1C. The Morgan fingerprint density at radius 1 is 1.00 bits per heavy atom. The highest BCUT2D eigenvalue weighted by molar-refractivity contribution is 5.56. The Morgan fingerprint density at radius 2 is 1.58 bits per heavy atom. The molecule has 0 amide bonds. The molecule has 3 rings (SSSR count). The van der Waals surface area contributed by atoms with Crippen LogP contribution in [-0.4, -0.2) is 21.2 Å². The van der Waals surface area contributed by atoms with Crippen LogP contribution in [0.15, 0.2) is 36.7 Å². The first-order valence-electron chi connectivity index (χ1n) is 6.43. The monoisotopic (exact) mass is 256 g/mol. The summed E-state index contributed by atoms with van der Waals surface area (Å²) in [6, 6.07) is 7.73. The summed E-state index contributed by atoms with van der Waals surface area (Å²) in [4.78, 5) is 8.15. The smallest absolute Gasteiger partial charge is 0.159 e. The summed E-state index contributed by atoms with van der Waals surface area (Å²) in [6.07, 6.45) is 3.12. The molecule has 19 heavy (non-hydrogen) atoms. The van der Waals surface area contributed by atoms with Crippen molar-refractivity contribution in [2.45, 2.75) is 20.0 Å². The maximum atomic E-state index is 9.16. The van der Waals surface area contributed by atoms with Crippen LogP contribution in [-0.2, 0) is 0 Å². The number of aromatic nitrogens is 2. The van der Waals surface area contributed by atoms with Gasteiger partial charge < -0.3 is 9.84 Å². The van der Waals surface area contributed by atoms with Crippen LogP contribution in [0, 0.1) is 11.8 Å². The number of nitrogens with zero attached hydrogens (tertiary/aromatic N) is 2. The molecule has 0 unspecified atom stereocenters. The van der Waals surface area contributed by atoms with Crippen molar-refractivity contribution in [2.24, 2.45) is 11.8 Å². The van der Waals surface area contributed by atoms with E-state index in [1.54, 1.807) is 0 Å². The standard InChI is InChI=1S/C15H16N2O2/c1-9-10(2)14(9)19-13-5-3-11(4-6-13)15-16-7-12(18)8-17-15/h3-10,14,18H,1-2H3/t9-,10-/m0/s1. The zero-order valence-corrected chi connectivity index (χ0v) is 10.9. The Hall–Kier alpha value is -2.10. The fraction of sp³-hybridized carbons (Fsp3) is 0.333. The average Bonchev–Trinajstić information content (AvgIpc) is 2.99. The summed E-state index contributed by atoms with van der Waals surface area (Å²) < 4.78 is 5.88. The summed E-state index contributed by atoms with van der Waals surface area (Å²) in [7, 11) is 0. The molecule has 0 radical (unpaired) electrons. The van der Waals surface area contributed by atoms with Crippen LogP contribution in [0.2, 0.25) is 0 Å². The lowest BCUT2D eigenvalue weighted by Crippen LogP contribution is -2.00. The molecule has 4 nitrogen and oxygen atoms in total. The number of hydrogen-bond donors (Lipinski definition) is 1. The molecule has 0 aliphatic heterocycles. The molecule has 0 saturated heterocycles. The van der Waals surface area contributed by atoms with E-state index in [1.165, 1.54) is 12.4 Å². The number of aromatic hydroxyl groups is 1. The van der Waals surface area contributed by atoms with Gasteiger partial charge in [-0.05, 0) is 36.1 Å². The van der Waals surface area contributed by atoms with Crippen LogP contribution in [0.5, 0.6) is 11.5 Å². The second kappa shape index (κ2) is 4.53. The molecular weight excluding hydrogens is 240 g/mol. The minimum absolute atomic E-state index is 0.0698. The topological polar surface area (TPSA) is 55.2 Å². The van der Waals surface area contributed by atoms with Crippen LogP contribution in [0.25, 0.3) is 11.4 Å². The summed E-state index contributed by atoms with van der Waals surface area (Å²) in [5, 5.41) is 9.16. The summed E-state index contributed by atoms with van der Waals surface area (Å²) in [6.45, 7) is 4.40. The molecule has 2 atom stereocenters. The van der Waals surface area contributed by atoms with Crippen molar-refractivity contribution in [1.82, 2.24) is 9.97 Å². The van der Waals surface area contributed by atoms with E-state index in [0.29, 0.717) is 23.8 Å². The van der Waals surface area contributed by atoms with E-state index in [-0.39, 0.29) is 5.75 Å². The third-order valence-corrected chi connectivity index (χ3v) is 3.75. The predicted octanol–water partition coefficient (Wildman–Crippen LogP) is 2.88. The van der Waals surface area contributed by atoms with Gasteiger partial charge in [-0.25, -0.2) is 9.97 Å². The zero-order chi connectivity index (χ0) is 13.4. The van der Waals surface area contributed by atoms with Crippen molar-refractivity contribution < 1.29 is 9.84 Å². The molecule has 1 N–H and O–H groups in total. The first-order valence-corrected chi connectivity index (χ1v) is 6.43. The number of benzene rings is 1. The zero-order valence-electron chi connectivity index (χ0n) is 10.9. The quantitative estimate of drug-likeness (QED) is 0.917. The molecule has 0 bridgehead atoms. The Bertz CT molecular complexity index is 558. The van der Waals surface area contributed by atoms with E-state index in [4.69, 9.17) is 9.84 Å². The lowest BCUT2D eigenvalue weighted by Gasteiger charge is -2.06. The highest BCUT2D eigenvalue weighted by Crippen LogP contribution is 2.41. The van der Waals surface area contributed by atoms with Gasteiger partial charge in [-0.15, -0.1) is 0 Å². The highest BCUT2D eigenvalue weighted by Gasteiger charge is 2.45. The minimum Gasteiger partial charge on any atom is -0.505 e. The van der Waals surface area contributed by atoms with Crippen molar-refractivity contribution in [3.05, 3.63) is 36.7 Å². The third-order valence-electron chi connectivity index (χ3n) is 3.75. The van der Waals surface area contributed by atoms with Crippen molar-refractivity contribution >= 4 is 0 Å². The highest BCUT2D eigenvalue weighted by atomic mass is 16.5. The average molecular weight is 256 g/mol. The summed E-state index contributed by atoms with van der Waals surface area (Å²) in [5.74, 6) is 2.82. The molecule has 1 aromatic heterocycles. The van der Waals surface area contributed by atoms with Crippen LogP contribution < -0.4 is 4.74 Å². The molecule has 0 spiro atoms.